The number of rotatable bonds is 8. The Kier molecular flexibility index (Phi) is 8.92. The van der Waals surface area contributed by atoms with E-state index in [0.717, 1.165) is 23.5 Å². The van der Waals surface area contributed by atoms with Crippen molar-refractivity contribution in [2.45, 2.75) is 27.7 Å². The van der Waals surface area contributed by atoms with Gasteiger partial charge in [0, 0.05) is 24.0 Å². The maximum absolute atomic E-state index is 11.0. The summed E-state index contributed by atoms with van der Waals surface area (Å²) in [5.74, 6) is -0.397. The Labute approximate surface area is 122 Å². The first-order valence-corrected chi connectivity index (χ1v) is 6.77. The minimum absolute atomic E-state index is 0.331. The molecule has 2 N–H and O–H groups in total. The van der Waals surface area contributed by atoms with Crippen LogP contribution in [-0.2, 0) is 9.53 Å². The fraction of sp³-hybridized carbons (Fsp3) is 0.438. The van der Waals surface area contributed by atoms with Crippen LogP contribution in [0.2, 0.25) is 0 Å². The van der Waals surface area contributed by atoms with E-state index in [1.165, 1.54) is 6.08 Å². The van der Waals surface area contributed by atoms with E-state index in [1.807, 2.05) is 39.0 Å². The Morgan fingerprint density at radius 1 is 1.40 bits per heavy atom. The summed E-state index contributed by atoms with van der Waals surface area (Å²) >= 11 is 0. The van der Waals surface area contributed by atoms with Gasteiger partial charge < -0.3 is 15.4 Å². The van der Waals surface area contributed by atoms with Gasteiger partial charge in [0.05, 0.1) is 6.54 Å². The zero-order valence-corrected chi connectivity index (χ0v) is 13.0. The van der Waals surface area contributed by atoms with Crippen LogP contribution < -0.4 is 5.73 Å². The topological polar surface area (TPSA) is 55.6 Å². The summed E-state index contributed by atoms with van der Waals surface area (Å²) in [5, 5.41) is 0. The standard InChI is InChI=1S/C16H26N2O2/c1-6-9-15(12-13(4)14(5)17)18(8-3)10-11-20-16(19)7-2/h6-7,9,12H,2,8,10-11,17H2,1,3-5H3/b9-6-,14-13+,15-12+. The number of carbonyl (C=O) groups excluding carboxylic acids is 1. The zero-order valence-electron chi connectivity index (χ0n) is 13.0. The van der Waals surface area contributed by atoms with Crippen molar-refractivity contribution in [3.8, 4) is 0 Å². The molecular weight excluding hydrogens is 252 g/mol. The second-order valence-electron chi connectivity index (χ2n) is 4.39. The highest BCUT2D eigenvalue weighted by molar-refractivity contribution is 5.81. The predicted octanol–water partition coefficient (Wildman–Crippen LogP) is 2.75. The minimum Gasteiger partial charge on any atom is -0.461 e. The molecule has 0 rings (SSSR count). The van der Waals surface area contributed by atoms with Gasteiger partial charge in [0.1, 0.15) is 6.61 Å². The Balaban J connectivity index is 4.90. The SMILES string of the molecule is C=CC(=O)OCCN(CC)C(/C=C\C)=C/C(C)=C(\C)N. The van der Waals surface area contributed by atoms with Crippen molar-refractivity contribution < 1.29 is 9.53 Å². The van der Waals surface area contributed by atoms with Crippen LogP contribution in [0, 0.1) is 0 Å². The Hall–Kier alpha value is -1.97. The molecule has 0 aliphatic heterocycles. The van der Waals surface area contributed by atoms with Gasteiger partial charge in [-0.25, -0.2) is 4.79 Å². The van der Waals surface area contributed by atoms with Crippen molar-refractivity contribution >= 4 is 5.97 Å². The van der Waals surface area contributed by atoms with E-state index in [-0.39, 0.29) is 0 Å². The van der Waals surface area contributed by atoms with Gasteiger partial charge in [-0.05, 0) is 45.4 Å². The highest BCUT2D eigenvalue weighted by Gasteiger charge is 2.06. The van der Waals surface area contributed by atoms with Crippen LogP contribution in [0.3, 0.4) is 0 Å². The van der Waals surface area contributed by atoms with E-state index in [0.29, 0.717) is 13.2 Å². The largest absolute Gasteiger partial charge is 0.461 e. The van der Waals surface area contributed by atoms with Crippen LogP contribution in [-0.4, -0.2) is 30.6 Å². The first kappa shape index (κ1) is 18.0. The van der Waals surface area contributed by atoms with Gasteiger partial charge in [-0.3, -0.25) is 0 Å². The molecule has 0 saturated heterocycles. The lowest BCUT2D eigenvalue weighted by Crippen LogP contribution is -2.27. The van der Waals surface area contributed by atoms with Gasteiger partial charge in [-0.15, -0.1) is 0 Å². The number of nitrogens with two attached hydrogens (primary N) is 1. The van der Waals surface area contributed by atoms with Crippen LogP contribution in [0.1, 0.15) is 27.7 Å². The molecule has 4 nitrogen and oxygen atoms in total. The van der Waals surface area contributed by atoms with E-state index in [1.54, 1.807) is 0 Å². The molecule has 0 unspecified atom stereocenters. The number of hydrogen-bond donors (Lipinski definition) is 1. The predicted molar refractivity (Wildman–Crippen MR) is 83.9 cm³/mol. The lowest BCUT2D eigenvalue weighted by molar-refractivity contribution is -0.138. The molecule has 0 aliphatic rings. The number of likely N-dealkylation sites (N-methyl/N-ethyl adjacent to an activating group) is 1. The lowest BCUT2D eigenvalue weighted by Gasteiger charge is -2.24. The summed E-state index contributed by atoms with van der Waals surface area (Å²) in [5.41, 5.74) is 8.66. The van der Waals surface area contributed by atoms with Gasteiger partial charge in [0.25, 0.3) is 0 Å². The third kappa shape index (κ3) is 6.83. The van der Waals surface area contributed by atoms with E-state index >= 15 is 0 Å². The van der Waals surface area contributed by atoms with Crippen molar-refractivity contribution in [3.63, 3.8) is 0 Å². The van der Waals surface area contributed by atoms with Gasteiger partial charge in [0.2, 0.25) is 0 Å². The second-order valence-corrected chi connectivity index (χ2v) is 4.39. The molecular formula is C16H26N2O2. The maximum Gasteiger partial charge on any atom is 0.330 e. The normalized spacial score (nSPS) is 13.1. The molecule has 0 aromatic heterocycles. The quantitative estimate of drug-likeness (QED) is 0.421. The highest BCUT2D eigenvalue weighted by atomic mass is 16.5. The van der Waals surface area contributed by atoms with Crippen LogP contribution in [0.5, 0.6) is 0 Å². The molecule has 0 bridgehead atoms. The fourth-order valence-electron chi connectivity index (χ4n) is 1.54. The van der Waals surface area contributed by atoms with Crippen molar-refractivity contribution in [2.24, 2.45) is 5.73 Å². The van der Waals surface area contributed by atoms with Crippen LogP contribution >= 0.6 is 0 Å². The van der Waals surface area contributed by atoms with Gasteiger partial charge in [0.15, 0.2) is 0 Å². The smallest absolute Gasteiger partial charge is 0.330 e. The summed E-state index contributed by atoms with van der Waals surface area (Å²) in [4.78, 5) is 13.2. The average molecular weight is 278 g/mol. The lowest BCUT2D eigenvalue weighted by atomic mass is 10.2. The van der Waals surface area contributed by atoms with E-state index in [2.05, 4.69) is 18.4 Å². The number of allylic oxidation sites excluding steroid dienone is 5. The highest BCUT2D eigenvalue weighted by Crippen LogP contribution is 2.11. The number of hydrogen-bond acceptors (Lipinski definition) is 4. The molecule has 0 amide bonds. The number of esters is 1. The summed E-state index contributed by atoms with van der Waals surface area (Å²) in [6.45, 7) is 13.0. The summed E-state index contributed by atoms with van der Waals surface area (Å²) in [7, 11) is 0. The van der Waals surface area contributed by atoms with Gasteiger partial charge >= 0.3 is 5.97 Å². The number of ether oxygens (including phenoxy) is 1. The molecule has 20 heavy (non-hydrogen) atoms. The summed E-state index contributed by atoms with van der Waals surface area (Å²) in [6.07, 6.45) is 7.20. The minimum atomic E-state index is -0.397. The molecule has 0 aromatic rings. The third-order valence-corrected chi connectivity index (χ3v) is 2.84. The Bertz CT molecular complexity index is 416. The van der Waals surface area contributed by atoms with Crippen molar-refractivity contribution in [3.05, 3.63) is 47.9 Å². The molecule has 0 heterocycles. The average Bonchev–Trinajstić information content (AvgIpc) is 2.42. The molecule has 0 spiro atoms. The van der Waals surface area contributed by atoms with Crippen LogP contribution in [0.25, 0.3) is 0 Å². The third-order valence-electron chi connectivity index (χ3n) is 2.84. The first-order chi connectivity index (χ1) is 9.46. The van der Waals surface area contributed by atoms with E-state index in [9.17, 15) is 4.79 Å². The zero-order chi connectivity index (χ0) is 15.5. The maximum atomic E-state index is 11.0. The monoisotopic (exact) mass is 278 g/mol. The van der Waals surface area contributed by atoms with Crippen LogP contribution in [0.15, 0.2) is 47.9 Å². The first-order valence-electron chi connectivity index (χ1n) is 6.77. The van der Waals surface area contributed by atoms with Gasteiger partial charge in [-0.1, -0.05) is 12.7 Å². The molecule has 0 fully saturated rings. The molecule has 0 saturated carbocycles. The summed E-state index contributed by atoms with van der Waals surface area (Å²) in [6, 6.07) is 0. The van der Waals surface area contributed by atoms with Crippen LogP contribution in [0.4, 0.5) is 0 Å². The summed E-state index contributed by atoms with van der Waals surface area (Å²) < 4.78 is 5.02. The Morgan fingerprint density at radius 2 is 2.05 bits per heavy atom. The number of carbonyl (C=O) groups is 1. The molecule has 0 radical (unpaired) electrons. The fourth-order valence-corrected chi connectivity index (χ4v) is 1.54. The Morgan fingerprint density at radius 3 is 2.50 bits per heavy atom. The van der Waals surface area contributed by atoms with Crippen molar-refractivity contribution in [1.82, 2.24) is 4.90 Å². The molecule has 0 aliphatic carbocycles. The van der Waals surface area contributed by atoms with E-state index < -0.39 is 5.97 Å². The van der Waals surface area contributed by atoms with Crippen molar-refractivity contribution in [1.29, 1.82) is 0 Å². The van der Waals surface area contributed by atoms with Gasteiger partial charge in [-0.2, -0.15) is 0 Å². The molecule has 112 valence electrons. The molecule has 0 atom stereocenters. The van der Waals surface area contributed by atoms with E-state index in [4.69, 9.17) is 10.5 Å². The molecule has 4 heteroatoms. The number of nitrogens with zero attached hydrogens (tertiary/aromatic N) is 1. The second kappa shape index (κ2) is 9.89. The van der Waals surface area contributed by atoms with Crippen molar-refractivity contribution in [2.75, 3.05) is 19.7 Å². The molecule has 0 aromatic carbocycles.